The fraction of sp³-hybridized carbons (Fsp3) is 0.619. The zero-order chi connectivity index (χ0) is 19.9. The SMILES string of the molecule is CC(C)(C1CCN(C(=O)[C@H]2CCNC2)CC1)[C@H](O)c1cc(Cl)cc2cn[nH]c12. The molecule has 0 saturated carbocycles. The van der Waals surface area contributed by atoms with Crippen LogP contribution in [0.2, 0.25) is 5.02 Å². The maximum absolute atomic E-state index is 12.7. The molecule has 2 aliphatic rings. The zero-order valence-electron chi connectivity index (χ0n) is 16.5. The van der Waals surface area contributed by atoms with E-state index in [1.807, 2.05) is 17.0 Å². The van der Waals surface area contributed by atoms with Gasteiger partial charge in [-0.2, -0.15) is 5.10 Å². The highest BCUT2D eigenvalue weighted by Crippen LogP contribution is 2.46. The quantitative estimate of drug-likeness (QED) is 0.731. The molecule has 7 heteroatoms. The number of benzene rings is 1. The van der Waals surface area contributed by atoms with Crippen LogP contribution in [0, 0.1) is 17.3 Å². The van der Waals surface area contributed by atoms with Gasteiger partial charge in [0.15, 0.2) is 0 Å². The van der Waals surface area contributed by atoms with Gasteiger partial charge in [-0.05, 0) is 49.3 Å². The van der Waals surface area contributed by atoms with E-state index >= 15 is 0 Å². The summed E-state index contributed by atoms with van der Waals surface area (Å²) in [4.78, 5) is 14.7. The van der Waals surface area contributed by atoms with Crippen LogP contribution in [-0.2, 0) is 4.79 Å². The number of piperidine rings is 1. The molecule has 0 radical (unpaired) electrons. The third-order valence-electron chi connectivity index (χ3n) is 6.81. The number of carbonyl (C=O) groups is 1. The molecule has 3 N–H and O–H groups in total. The highest BCUT2D eigenvalue weighted by molar-refractivity contribution is 6.31. The van der Waals surface area contributed by atoms with Gasteiger partial charge in [0, 0.05) is 35.6 Å². The molecule has 28 heavy (non-hydrogen) atoms. The molecular weight excluding hydrogens is 376 g/mol. The number of aromatic amines is 1. The van der Waals surface area contributed by atoms with E-state index in [4.69, 9.17) is 11.6 Å². The van der Waals surface area contributed by atoms with Crippen LogP contribution >= 0.6 is 11.6 Å². The summed E-state index contributed by atoms with van der Waals surface area (Å²) >= 11 is 6.27. The van der Waals surface area contributed by atoms with Gasteiger partial charge in [0.05, 0.1) is 23.7 Å². The van der Waals surface area contributed by atoms with Gasteiger partial charge in [-0.25, -0.2) is 0 Å². The number of halogens is 1. The molecule has 2 atom stereocenters. The number of likely N-dealkylation sites (tertiary alicyclic amines) is 1. The first-order valence-corrected chi connectivity index (χ1v) is 10.6. The average molecular weight is 405 g/mol. The summed E-state index contributed by atoms with van der Waals surface area (Å²) in [5.74, 6) is 0.747. The van der Waals surface area contributed by atoms with Gasteiger partial charge < -0.3 is 15.3 Å². The highest BCUT2D eigenvalue weighted by Gasteiger charge is 2.41. The molecule has 2 aliphatic heterocycles. The third-order valence-corrected chi connectivity index (χ3v) is 7.03. The van der Waals surface area contributed by atoms with E-state index in [0.29, 0.717) is 10.9 Å². The number of hydrogen-bond acceptors (Lipinski definition) is 4. The molecule has 0 bridgehead atoms. The number of rotatable bonds is 4. The Hall–Kier alpha value is -1.63. The van der Waals surface area contributed by atoms with E-state index in [0.717, 1.165) is 61.9 Å². The molecule has 0 spiro atoms. The van der Waals surface area contributed by atoms with E-state index in [-0.39, 0.29) is 17.2 Å². The minimum absolute atomic E-state index is 0.135. The first-order chi connectivity index (χ1) is 13.4. The Balaban J connectivity index is 1.47. The maximum Gasteiger partial charge on any atom is 0.227 e. The topological polar surface area (TPSA) is 81.2 Å². The summed E-state index contributed by atoms with van der Waals surface area (Å²) in [6, 6.07) is 3.69. The lowest BCUT2D eigenvalue weighted by atomic mass is 9.68. The number of nitrogens with zero attached hydrogens (tertiary/aromatic N) is 2. The number of fused-ring (bicyclic) bond motifs is 1. The Morgan fingerprint density at radius 1 is 1.32 bits per heavy atom. The second kappa shape index (κ2) is 7.65. The van der Waals surface area contributed by atoms with E-state index in [1.165, 1.54) is 0 Å². The van der Waals surface area contributed by atoms with Crippen LogP contribution in [0.3, 0.4) is 0 Å². The minimum atomic E-state index is -0.666. The molecule has 3 heterocycles. The van der Waals surface area contributed by atoms with Crippen molar-refractivity contribution in [2.75, 3.05) is 26.2 Å². The normalized spacial score (nSPS) is 22.7. The van der Waals surface area contributed by atoms with Crippen LogP contribution < -0.4 is 5.32 Å². The number of hydrogen-bond donors (Lipinski definition) is 3. The molecule has 0 unspecified atom stereocenters. The fourth-order valence-corrected chi connectivity index (χ4v) is 5.09. The maximum atomic E-state index is 12.7. The van der Waals surface area contributed by atoms with Crippen LogP contribution in [0.15, 0.2) is 18.3 Å². The summed E-state index contributed by atoms with van der Waals surface area (Å²) in [6.07, 6.45) is 3.82. The predicted octanol–water partition coefficient (Wildman–Crippen LogP) is 3.12. The van der Waals surface area contributed by atoms with Crippen LogP contribution in [0.1, 0.15) is 44.8 Å². The van der Waals surface area contributed by atoms with Gasteiger partial charge in [0.1, 0.15) is 0 Å². The van der Waals surface area contributed by atoms with E-state index < -0.39 is 6.10 Å². The van der Waals surface area contributed by atoms with Crippen molar-refractivity contribution in [2.24, 2.45) is 17.3 Å². The Bertz CT molecular complexity index is 851. The van der Waals surface area contributed by atoms with Crippen LogP contribution in [0.4, 0.5) is 0 Å². The van der Waals surface area contributed by atoms with Crippen LogP contribution in [0.5, 0.6) is 0 Å². The summed E-state index contributed by atoms with van der Waals surface area (Å²) < 4.78 is 0. The minimum Gasteiger partial charge on any atom is -0.388 e. The number of aromatic nitrogens is 2. The second-order valence-electron chi connectivity index (χ2n) is 8.84. The number of aliphatic hydroxyl groups is 1. The van der Waals surface area contributed by atoms with Gasteiger partial charge in [0.2, 0.25) is 5.91 Å². The van der Waals surface area contributed by atoms with E-state index in [1.54, 1.807) is 6.20 Å². The Kier molecular flexibility index (Phi) is 5.38. The van der Waals surface area contributed by atoms with Crippen molar-refractivity contribution in [3.8, 4) is 0 Å². The van der Waals surface area contributed by atoms with Gasteiger partial charge >= 0.3 is 0 Å². The average Bonchev–Trinajstić information content (AvgIpc) is 3.38. The molecule has 152 valence electrons. The van der Waals surface area contributed by atoms with Crippen molar-refractivity contribution < 1.29 is 9.90 Å². The third kappa shape index (κ3) is 3.53. The van der Waals surface area contributed by atoms with Gasteiger partial charge in [-0.3, -0.25) is 9.89 Å². The summed E-state index contributed by atoms with van der Waals surface area (Å²) in [7, 11) is 0. The number of nitrogens with one attached hydrogen (secondary N) is 2. The van der Waals surface area contributed by atoms with E-state index in [2.05, 4.69) is 29.4 Å². The van der Waals surface area contributed by atoms with Crippen molar-refractivity contribution in [3.05, 3.63) is 28.9 Å². The zero-order valence-corrected chi connectivity index (χ0v) is 17.3. The standard InChI is InChI=1S/C21H29ClN4O2/c1-21(2,19(27)17-10-16(22)9-14-12-24-25-18(14)17)15-4-7-26(8-5-15)20(28)13-3-6-23-11-13/h9-10,12-13,15,19,23,27H,3-8,11H2,1-2H3,(H,24,25)/t13-,19+/m0/s1. The van der Waals surface area contributed by atoms with Gasteiger partial charge in [0.25, 0.3) is 0 Å². The first kappa shape index (κ1) is 19.7. The summed E-state index contributed by atoms with van der Waals surface area (Å²) in [6.45, 7) is 7.51. The first-order valence-electron chi connectivity index (χ1n) is 10.2. The smallest absolute Gasteiger partial charge is 0.227 e. The molecular formula is C21H29ClN4O2. The molecule has 1 aromatic heterocycles. The highest BCUT2D eigenvalue weighted by atomic mass is 35.5. The summed E-state index contributed by atoms with van der Waals surface area (Å²) in [5.41, 5.74) is 1.29. The predicted molar refractivity (Wildman–Crippen MR) is 110 cm³/mol. The van der Waals surface area contributed by atoms with Crippen molar-refractivity contribution in [3.63, 3.8) is 0 Å². The number of aliphatic hydroxyl groups excluding tert-OH is 1. The monoisotopic (exact) mass is 404 g/mol. The lowest BCUT2D eigenvalue weighted by Crippen LogP contribution is -2.45. The van der Waals surface area contributed by atoms with Crippen LogP contribution in [-0.4, -0.2) is 52.3 Å². The second-order valence-corrected chi connectivity index (χ2v) is 9.28. The molecule has 1 amide bonds. The molecule has 0 aliphatic carbocycles. The molecule has 2 aromatic rings. The fourth-order valence-electron chi connectivity index (χ4n) is 4.85. The Morgan fingerprint density at radius 3 is 2.75 bits per heavy atom. The Labute approximate surface area is 170 Å². The Morgan fingerprint density at radius 2 is 2.07 bits per heavy atom. The molecule has 6 nitrogen and oxygen atoms in total. The summed E-state index contributed by atoms with van der Waals surface area (Å²) in [5, 5.41) is 23.2. The van der Waals surface area contributed by atoms with Gasteiger partial charge in [-0.1, -0.05) is 25.4 Å². The van der Waals surface area contributed by atoms with Crippen molar-refractivity contribution >= 4 is 28.4 Å². The number of H-pyrrole nitrogens is 1. The van der Waals surface area contributed by atoms with Crippen molar-refractivity contribution in [1.29, 1.82) is 0 Å². The van der Waals surface area contributed by atoms with E-state index in [9.17, 15) is 9.90 Å². The number of carbonyl (C=O) groups excluding carboxylic acids is 1. The van der Waals surface area contributed by atoms with Crippen molar-refractivity contribution in [1.82, 2.24) is 20.4 Å². The van der Waals surface area contributed by atoms with Crippen LogP contribution in [0.25, 0.3) is 10.9 Å². The van der Waals surface area contributed by atoms with Gasteiger partial charge in [-0.15, -0.1) is 0 Å². The lowest BCUT2D eigenvalue weighted by molar-refractivity contribution is -0.137. The molecule has 2 saturated heterocycles. The molecule has 4 rings (SSSR count). The molecule has 2 fully saturated rings. The molecule has 1 aromatic carbocycles. The van der Waals surface area contributed by atoms with Crippen molar-refractivity contribution in [2.45, 2.75) is 39.2 Å². The number of amides is 1. The lowest BCUT2D eigenvalue weighted by Gasteiger charge is -2.43. The largest absolute Gasteiger partial charge is 0.388 e.